The molecule has 0 aromatic heterocycles. The van der Waals surface area contributed by atoms with E-state index < -0.39 is 0 Å². The molecule has 0 heterocycles. The Kier molecular flexibility index (Phi) is 6.47. The minimum atomic E-state index is 0.769. The molecule has 0 fully saturated rings. The second-order valence-corrected chi connectivity index (χ2v) is 2.62. The number of unbranched alkanes of at least 4 members (excludes halogenated alkanes) is 1. The van der Waals surface area contributed by atoms with E-state index in [1.54, 1.807) is 7.05 Å². The van der Waals surface area contributed by atoms with Crippen LogP contribution in [0.25, 0.3) is 0 Å². The maximum absolute atomic E-state index is 5.31. The fourth-order valence-corrected chi connectivity index (χ4v) is 1.06. The number of hydrogen-bond acceptors (Lipinski definition) is 2. The Hall–Kier alpha value is -0.770. The highest BCUT2D eigenvalue weighted by Gasteiger charge is 2.04. The molecule has 0 aliphatic heterocycles. The van der Waals surface area contributed by atoms with Crippen LogP contribution in [-0.2, 0) is 0 Å². The standard InChI is InChI=1S/C8H20N4/c1-4-6-7-12(5-2)8(10-3)11-9/h4-7,9H2,1-3H3,(H,10,11). The molecular formula is C8H20N4. The number of nitrogens with one attached hydrogen (secondary N) is 1. The Bertz CT molecular complexity index is 133. The third-order valence-corrected chi connectivity index (χ3v) is 1.80. The van der Waals surface area contributed by atoms with Gasteiger partial charge in [-0.2, -0.15) is 0 Å². The van der Waals surface area contributed by atoms with Gasteiger partial charge in [-0.3, -0.25) is 10.4 Å². The molecule has 0 saturated heterocycles. The van der Waals surface area contributed by atoms with Gasteiger partial charge in [-0.05, 0) is 13.3 Å². The summed E-state index contributed by atoms with van der Waals surface area (Å²) >= 11 is 0. The zero-order valence-corrected chi connectivity index (χ0v) is 8.30. The van der Waals surface area contributed by atoms with Crippen molar-refractivity contribution >= 4 is 5.96 Å². The summed E-state index contributed by atoms with van der Waals surface area (Å²) < 4.78 is 0. The Balaban J connectivity index is 3.94. The lowest BCUT2D eigenvalue weighted by molar-refractivity contribution is 0.413. The van der Waals surface area contributed by atoms with Crippen LogP contribution in [0.3, 0.4) is 0 Å². The molecule has 0 aliphatic carbocycles. The van der Waals surface area contributed by atoms with Crippen LogP contribution in [-0.4, -0.2) is 31.0 Å². The van der Waals surface area contributed by atoms with Crippen molar-refractivity contribution in [3.8, 4) is 0 Å². The second-order valence-electron chi connectivity index (χ2n) is 2.62. The van der Waals surface area contributed by atoms with Crippen LogP contribution < -0.4 is 11.3 Å². The molecule has 0 amide bonds. The lowest BCUT2D eigenvalue weighted by Gasteiger charge is -2.23. The van der Waals surface area contributed by atoms with Gasteiger partial charge in [0.05, 0.1) is 0 Å². The van der Waals surface area contributed by atoms with Crippen molar-refractivity contribution in [3.05, 3.63) is 0 Å². The molecule has 0 atom stereocenters. The van der Waals surface area contributed by atoms with Gasteiger partial charge >= 0.3 is 0 Å². The average molecular weight is 172 g/mol. The van der Waals surface area contributed by atoms with Crippen LogP contribution in [0, 0.1) is 0 Å². The highest BCUT2D eigenvalue weighted by Crippen LogP contribution is 1.94. The summed E-state index contributed by atoms with van der Waals surface area (Å²) in [6, 6.07) is 0. The van der Waals surface area contributed by atoms with Gasteiger partial charge in [-0.25, -0.2) is 5.84 Å². The number of aliphatic imine (C=N–C) groups is 1. The molecule has 4 nitrogen and oxygen atoms in total. The first kappa shape index (κ1) is 11.2. The monoisotopic (exact) mass is 172 g/mol. The summed E-state index contributed by atoms with van der Waals surface area (Å²) in [7, 11) is 1.74. The highest BCUT2D eigenvalue weighted by molar-refractivity contribution is 5.79. The number of rotatable bonds is 4. The first-order valence-electron chi connectivity index (χ1n) is 4.48. The zero-order valence-electron chi connectivity index (χ0n) is 8.30. The molecule has 12 heavy (non-hydrogen) atoms. The second kappa shape index (κ2) is 6.91. The topological polar surface area (TPSA) is 53.6 Å². The van der Waals surface area contributed by atoms with Gasteiger partial charge in [0.1, 0.15) is 0 Å². The summed E-state index contributed by atoms with van der Waals surface area (Å²) in [5, 5.41) is 0. The number of guanidine groups is 1. The Morgan fingerprint density at radius 1 is 1.50 bits per heavy atom. The van der Waals surface area contributed by atoms with Crippen LogP contribution in [0.4, 0.5) is 0 Å². The molecule has 0 unspecified atom stereocenters. The third-order valence-electron chi connectivity index (χ3n) is 1.80. The maximum Gasteiger partial charge on any atom is 0.208 e. The molecular weight excluding hydrogens is 152 g/mol. The van der Waals surface area contributed by atoms with Crippen molar-refractivity contribution in [3.63, 3.8) is 0 Å². The normalized spacial score (nSPS) is 11.5. The first-order chi connectivity index (χ1) is 5.79. The smallest absolute Gasteiger partial charge is 0.208 e. The van der Waals surface area contributed by atoms with Gasteiger partial charge in [0, 0.05) is 20.1 Å². The first-order valence-corrected chi connectivity index (χ1v) is 4.48. The molecule has 0 radical (unpaired) electrons. The summed E-state index contributed by atoms with van der Waals surface area (Å²) in [6.07, 6.45) is 2.37. The van der Waals surface area contributed by atoms with Crippen LogP contribution >= 0.6 is 0 Å². The summed E-state index contributed by atoms with van der Waals surface area (Å²) in [5.41, 5.74) is 2.59. The van der Waals surface area contributed by atoms with E-state index in [0.717, 1.165) is 19.0 Å². The number of hydrogen-bond donors (Lipinski definition) is 2. The van der Waals surface area contributed by atoms with E-state index in [9.17, 15) is 0 Å². The fraction of sp³-hybridized carbons (Fsp3) is 0.875. The molecule has 0 rings (SSSR count). The van der Waals surface area contributed by atoms with Gasteiger partial charge in [0.15, 0.2) is 0 Å². The SMILES string of the molecule is CCCCN(CC)C(=NC)NN. The fourth-order valence-electron chi connectivity index (χ4n) is 1.06. The van der Waals surface area contributed by atoms with Crippen molar-refractivity contribution in [1.82, 2.24) is 10.3 Å². The quantitative estimate of drug-likeness (QED) is 0.282. The van der Waals surface area contributed by atoms with Gasteiger partial charge in [0.2, 0.25) is 5.96 Å². The Labute approximate surface area is 74.8 Å². The Morgan fingerprint density at radius 3 is 2.50 bits per heavy atom. The molecule has 0 aliphatic rings. The van der Waals surface area contributed by atoms with Crippen molar-refractivity contribution in [2.45, 2.75) is 26.7 Å². The molecule has 0 saturated carbocycles. The van der Waals surface area contributed by atoms with Crippen molar-refractivity contribution in [2.75, 3.05) is 20.1 Å². The molecule has 3 N–H and O–H groups in total. The molecule has 0 bridgehead atoms. The van der Waals surface area contributed by atoms with E-state index in [4.69, 9.17) is 5.84 Å². The Morgan fingerprint density at radius 2 is 2.17 bits per heavy atom. The largest absolute Gasteiger partial charge is 0.342 e. The predicted octanol–water partition coefficient (Wildman–Crippen LogP) is 0.558. The van der Waals surface area contributed by atoms with E-state index in [2.05, 4.69) is 29.2 Å². The van der Waals surface area contributed by atoms with Crippen molar-refractivity contribution in [2.24, 2.45) is 10.8 Å². The minimum absolute atomic E-state index is 0.769. The molecule has 0 aromatic carbocycles. The van der Waals surface area contributed by atoms with Gasteiger partial charge in [-0.1, -0.05) is 13.3 Å². The van der Waals surface area contributed by atoms with Crippen molar-refractivity contribution in [1.29, 1.82) is 0 Å². The summed E-state index contributed by atoms with van der Waals surface area (Å²) in [4.78, 5) is 6.17. The van der Waals surface area contributed by atoms with Crippen LogP contribution in [0.15, 0.2) is 4.99 Å². The van der Waals surface area contributed by atoms with Crippen LogP contribution in [0.2, 0.25) is 0 Å². The lowest BCUT2D eigenvalue weighted by Crippen LogP contribution is -2.45. The molecule has 0 aromatic rings. The maximum atomic E-state index is 5.31. The highest BCUT2D eigenvalue weighted by atomic mass is 15.4. The summed E-state index contributed by atoms with van der Waals surface area (Å²) in [5.74, 6) is 6.08. The number of nitrogens with two attached hydrogens (primary N) is 1. The number of hydrazine groups is 1. The minimum Gasteiger partial charge on any atom is -0.342 e. The average Bonchev–Trinajstić information content (AvgIpc) is 2.12. The zero-order chi connectivity index (χ0) is 9.40. The lowest BCUT2D eigenvalue weighted by atomic mass is 10.3. The van der Waals surface area contributed by atoms with Gasteiger partial charge in [0.25, 0.3) is 0 Å². The summed E-state index contributed by atoms with van der Waals surface area (Å²) in [6.45, 7) is 6.23. The molecule has 4 heteroatoms. The van der Waals surface area contributed by atoms with Crippen LogP contribution in [0.1, 0.15) is 26.7 Å². The van der Waals surface area contributed by atoms with Gasteiger partial charge in [-0.15, -0.1) is 0 Å². The predicted molar refractivity (Wildman–Crippen MR) is 52.8 cm³/mol. The van der Waals surface area contributed by atoms with E-state index in [1.807, 2.05) is 0 Å². The van der Waals surface area contributed by atoms with E-state index >= 15 is 0 Å². The molecule has 0 spiro atoms. The third kappa shape index (κ3) is 3.57. The van der Waals surface area contributed by atoms with E-state index in [1.165, 1.54) is 12.8 Å². The van der Waals surface area contributed by atoms with Crippen LogP contribution in [0.5, 0.6) is 0 Å². The number of nitrogens with zero attached hydrogens (tertiary/aromatic N) is 2. The van der Waals surface area contributed by atoms with E-state index in [-0.39, 0.29) is 0 Å². The van der Waals surface area contributed by atoms with Crippen molar-refractivity contribution < 1.29 is 0 Å². The van der Waals surface area contributed by atoms with Gasteiger partial charge < -0.3 is 4.90 Å². The van der Waals surface area contributed by atoms with E-state index in [0.29, 0.717) is 0 Å². The molecule has 72 valence electrons.